The van der Waals surface area contributed by atoms with E-state index in [-0.39, 0.29) is 5.91 Å². The molecule has 0 aliphatic heterocycles. The predicted molar refractivity (Wildman–Crippen MR) is 55.6 cm³/mol. The number of amides is 1. The number of hydrogen-bond donors (Lipinski definition) is 2. The smallest absolute Gasteiger partial charge is 0.217 e. The van der Waals surface area contributed by atoms with Crippen LogP contribution in [-0.2, 0) is 4.79 Å². The quantitative estimate of drug-likeness (QED) is 0.654. The number of fused-ring (bicyclic) bond motifs is 1. The number of rotatable bonds is 1. The zero-order valence-corrected chi connectivity index (χ0v) is 8.99. The molecular formula is C11H20N2O. The zero-order chi connectivity index (χ0) is 10.3. The molecule has 0 bridgehead atoms. The van der Waals surface area contributed by atoms with Gasteiger partial charge in [-0.05, 0) is 37.0 Å². The number of carbonyl (C=O) groups is 1. The van der Waals surface area contributed by atoms with Crippen LogP contribution in [0.15, 0.2) is 0 Å². The van der Waals surface area contributed by atoms with Crippen LogP contribution in [0.2, 0.25) is 0 Å². The van der Waals surface area contributed by atoms with Gasteiger partial charge >= 0.3 is 0 Å². The minimum atomic E-state index is 0.0856. The van der Waals surface area contributed by atoms with Crippen LogP contribution >= 0.6 is 0 Å². The molecule has 2 aliphatic carbocycles. The Balaban J connectivity index is 2.06. The maximum Gasteiger partial charge on any atom is 0.217 e. The summed E-state index contributed by atoms with van der Waals surface area (Å²) >= 11 is 0. The topological polar surface area (TPSA) is 55.1 Å². The van der Waals surface area contributed by atoms with Gasteiger partial charge in [0.2, 0.25) is 5.91 Å². The lowest BCUT2D eigenvalue weighted by atomic mass is 9.91. The van der Waals surface area contributed by atoms with Crippen molar-refractivity contribution in [3.63, 3.8) is 0 Å². The molecule has 2 rings (SSSR count). The molecule has 0 aromatic heterocycles. The summed E-state index contributed by atoms with van der Waals surface area (Å²) in [5.41, 5.74) is 6.13. The van der Waals surface area contributed by atoms with E-state index in [1.807, 2.05) is 0 Å². The van der Waals surface area contributed by atoms with Gasteiger partial charge in [-0.1, -0.05) is 6.92 Å². The van der Waals surface area contributed by atoms with E-state index in [2.05, 4.69) is 12.2 Å². The highest BCUT2D eigenvalue weighted by Crippen LogP contribution is 2.46. The molecule has 80 valence electrons. The first-order chi connectivity index (χ1) is 6.59. The van der Waals surface area contributed by atoms with E-state index >= 15 is 0 Å². The second kappa shape index (κ2) is 3.54. The molecule has 0 heterocycles. The number of nitrogens with one attached hydrogen (secondary N) is 1. The molecule has 5 atom stereocenters. The van der Waals surface area contributed by atoms with Gasteiger partial charge in [-0.25, -0.2) is 0 Å². The van der Waals surface area contributed by atoms with Crippen LogP contribution in [0.5, 0.6) is 0 Å². The lowest BCUT2D eigenvalue weighted by molar-refractivity contribution is -0.119. The first-order valence-corrected chi connectivity index (χ1v) is 5.62. The molecule has 2 aliphatic rings. The Labute approximate surface area is 85.4 Å². The van der Waals surface area contributed by atoms with Crippen molar-refractivity contribution in [2.45, 2.75) is 45.2 Å². The molecule has 2 fully saturated rings. The van der Waals surface area contributed by atoms with E-state index in [1.165, 1.54) is 6.42 Å². The maximum absolute atomic E-state index is 11.0. The summed E-state index contributed by atoms with van der Waals surface area (Å²) in [6, 6.07) is 0.645. The van der Waals surface area contributed by atoms with Crippen LogP contribution in [-0.4, -0.2) is 18.0 Å². The fraction of sp³-hybridized carbons (Fsp3) is 0.909. The summed E-state index contributed by atoms with van der Waals surface area (Å²) < 4.78 is 0. The average Bonchev–Trinajstić information content (AvgIpc) is 2.56. The minimum absolute atomic E-state index is 0.0856. The van der Waals surface area contributed by atoms with Crippen molar-refractivity contribution in [2.75, 3.05) is 0 Å². The fourth-order valence-corrected chi connectivity index (χ4v) is 3.53. The zero-order valence-electron chi connectivity index (χ0n) is 8.99. The Morgan fingerprint density at radius 2 is 2.14 bits per heavy atom. The lowest BCUT2D eigenvalue weighted by Crippen LogP contribution is -2.42. The van der Waals surface area contributed by atoms with E-state index in [0.717, 1.165) is 24.7 Å². The summed E-state index contributed by atoms with van der Waals surface area (Å²) in [4.78, 5) is 11.0. The van der Waals surface area contributed by atoms with Gasteiger partial charge in [0.05, 0.1) is 0 Å². The van der Waals surface area contributed by atoms with Crippen molar-refractivity contribution < 1.29 is 4.79 Å². The third-order valence-corrected chi connectivity index (χ3v) is 4.03. The van der Waals surface area contributed by atoms with E-state index in [0.29, 0.717) is 18.0 Å². The molecule has 3 N–H and O–H groups in total. The van der Waals surface area contributed by atoms with E-state index < -0.39 is 0 Å². The second-order valence-electron chi connectivity index (χ2n) is 5.00. The van der Waals surface area contributed by atoms with E-state index in [1.54, 1.807) is 6.92 Å². The standard InChI is InChI=1S/C11H20N2O/c1-6-5-9(12)11-8(6)3-4-10(11)13-7(2)14/h6,8-11H,3-5,12H2,1-2H3,(H,13,14)/t6-,8+,9+,10-,11+/m0/s1. The highest BCUT2D eigenvalue weighted by molar-refractivity contribution is 5.73. The Hall–Kier alpha value is -0.570. The van der Waals surface area contributed by atoms with Crippen LogP contribution in [0.1, 0.15) is 33.1 Å². The first kappa shape index (κ1) is 9.97. The van der Waals surface area contributed by atoms with Crippen LogP contribution < -0.4 is 11.1 Å². The molecule has 3 heteroatoms. The predicted octanol–water partition coefficient (Wildman–Crippen LogP) is 0.884. The van der Waals surface area contributed by atoms with Gasteiger partial charge in [-0.3, -0.25) is 4.79 Å². The molecule has 0 unspecified atom stereocenters. The Kier molecular flexibility index (Phi) is 2.52. The van der Waals surface area contributed by atoms with Crippen molar-refractivity contribution in [3.05, 3.63) is 0 Å². The maximum atomic E-state index is 11.0. The van der Waals surface area contributed by atoms with Crippen LogP contribution in [0.4, 0.5) is 0 Å². The van der Waals surface area contributed by atoms with E-state index in [9.17, 15) is 4.79 Å². The summed E-state index contributed by atoms with van der Waals surface area (Å²) in [7, 11) is 0. The largest absolute Gasteiger partial charge is 0.353 e. The highest BCUT2D eigenvalue weighted by atomic mass is 16.1. The van der Waals surface area contributed by atoms with Gasteiger partial charge in [0.25, 0.3) is 0 Å². The third-order valence-electron chi connectivity index (χ3n) is 4.03. The normalized spacial score (nSPS) is 46.4. The summed E-state index contributed by atoms with van der Waals surface area (Å²) in [6.45, 7) is 3.89. The van der Waals surface area contributed by atoms with Gasteiger partial charge < -0.3 is 11.1 Å². The van der Waals surface area contributed by atoms with Gasteiger partial charge in [0, 0.05) is 19.0 Å². The molecule has 0 aromatic rings. The molecule has 1 amide bonds. The van der Waals surface area contributed by atoms with Crippen LogP contribution in [0.25, 0.3) is 0 Å². The van der Waals surface area contributed by atoms with Gasteiger partial charge in [-0.2, -0.15) is 0 Å². The second-order valence-corrected chi connectivity index (χ2v) is 5.00. The summed E-state index contributed by atoms with van der Waals surface area (Å²) in [6.07, 6.45) is 3.49. The van der Waals surface area contributed by atoms with Crippen molar-refractivity contribution in [2.24, 2.45) is 23.5 Å². The third kappa shape index (κ3) is 1.54. The van der Waals surface area contributed by atoms with Crippen molar-refractivity contribution >= 4 is 5.91 Å². The number of nitrogens with two attached hydrogens (primary N) is 1. The first-order valence-electron chi connectivity index (χ1n) is 5.62. The molecule has 2 saturated carbocycles. The lowest BCUT2D eigenvalue weighted by Gasteiger charge is -2.23. The molecule has 14 heavy (non-hydrogen) atoms. The van der Waals surface area contributed by atoms with Gasteiger partial charge in [0.15, 0.2) is 0 Å². The molecule has 0 radical (unpaired) electrons. The fourth-order valence-electron chi connectivity index (χ4n) is 3.53. The summed E-state index contributed by atoms with van der Waals surface area (Å²) in [5.74, 6) is 2.12. The van der Waals surface area contributed by atoms with Crippen LogP contribution in [0.3, 0.4) is 0 Å². The molecule has 0 spiro atoms. The highest BCUT2D eigenvalue weighted by Gasteiger charge is 2.47. The Morgan fingerprint density at radius 3 is 2.79 bits per heavy atom. The Bertz CT molecular complexity index is 241. The van der Waals surface area contributed by atoms with Crippen LogP contribution in [0, 0.1) is 17.8 Å². The molecule has 0 saturated heterocycles. The number of carbonyl (C=O) groups excluding carboxylic acids is 1. The van der Waals surface area contributed by atoms with Gasteiger partial charge in [0.1, 0.15) is 0 Å². The van der Waals surface area contributed by atoms with E-state index in [4.69, 9.17) is 5.73 Å². The minimum Gasteiger partial charge on any atom is -0.353 e. The summed E-state index contributed by atoms with van der Waals surface area (Å²) in [5, 5.41) is 3.05. The Morgan fingerprint density at radius 1 is 1.43 bits per heavy atom. The average molecular weight is 196 g/mol. The molecule has 0 aromatic carbocycles. The van der Waals surface area contributed by atoms with Gasteiger partial charge in [-0.15, -0.1) is 0 Å². The van der Waals surface area contributed by atoms with Crippen molar-refractivity contribution in [1.29, 1.82) is 0 Å². The molecule has 3 nitrogen and oxygen atoms in total. The SMILES string of the molecule is CC(=O)N[C@H]1CC[C@H]2[C@@H]1[C@H](N)C[C@@H]2C. The van der Waals surface area contributed by atoms with Crippen molar-refractivity contribution in [1.82, 2.24) is 5.32 Å². The molecular weight excluding hydrogens is 176 g/mol. The monoisotopic (exact) mass is 196 g/mol. The number of hydrogen-bond acceptors (Lipinski definition) is 2. The van der Waals surface area contributed by atoms with Crippen molar-refractivity contribution in [3.8, 4) is 0 Å².